The predicted molar refractivity (Wildman–Crippen MR) is 61.5 cm³/mol. The number of hydrogen-bond acceptors (Lipinski definition) is 3. The molecule has 0 aliphatic rings. The summed E-state index contributed by atoms with van der Waals surface area (Å²) in [6.07, 6.45) is 0. The molecule has 16 heavy (non-hydrogen) atoms. The van der Waals surface area contributed by atoms with Crippen LogP contribution in [0.2, 0.25) is 5.15 Å². The van der Waals surface area contributed by atoms with E-state index >= 15 is 0 Å². The van der Waals surface area contributed by atoms with Crippen molar-refractivity contribution in [1.29, 1.82) is 0 Å². The molecule has 1 rings (SSSR count). The Morgan fingerprint density at radius 1 is 1.62 bits per heavy atom. The monoisotopic (exact) mass is 245 g/mol. The van der Waals surface area contributed by atoms with Gasteiger partial charge in [-0.05, 0) is 20.8 Å². The summed E-state index contributed by atoms with van der Waals surface area (Å²) < 4.78 is 1.57. The number of aromatic nitrogens is 2. The Morgan fingerprint density at radius 2 is 2.19 bits per heavy atom. The molecule has 2 N–H and O–H groups in total. The van der Waals surface area contributed by atoms with Crippen molar-refractivity contribution in [2.45, 2.75) is 32.9 Å². The molecule has 0 unspecified atom stereocenters. The van der Waals surface area contributed by atoms with Crippen molar-refractivity contribution in [3.63, 3.8) is 0 Å². The zero-order chi connectivity index (χ0) is 12.5. The molecule has 5 nitrogen and oxygen atoms in total. The normalized spacial score (nSPS) is 11.8. The van der Waals surface area contributed by atoms with E-state index in [0.717, 1.165) is 11.3 Å². The van der Waals surface area contributed by atoms with Crippen molar-refractivity contribution in [1.82, 2.24) is 15.1 Å². The Bertz CT molecular complexity index is 412. The van der Waals surface area contributed by atoms with Gasteiger partial charge in [0.15, 0.2) is 0 Å². The van der Waals surface area contributed by atoms with Crippen molar-refractivity contribution in [3.8, 4) is 0 Å². The lowest BCUT2D eigenvalue weighted by Crippen LogP contribution is -2.46. The van der Waals surface area contributed by atoms with E-state index < -0.39 is 11.5 Å². The lowest BCUT2D eigenvalue weighted by atomic mass is 10.1. The SMILES string of the molecule is Cc1nn(C)c(Cl)c1CNC(C)(C)C(=O)O. The van der Waals surface area contributed by atoms with Crippen LogP contribution in [0.25, 0.3) is 0 Å². The van der Waals surface area contributed by atoms with Crippen LogP contribution in [0.3, 0.4) is 0 Å². The second-order valence-electron chi connectivity index (χ2n) is 4.26. The summed E-state index contributed by atoms with van der Waals surface area (Å²) in [6.45, 7) is 5.44. The van der Waals surface area contributed by atoms with Gasteiger partial charge < -0.3 is 5.11 Å². The topological polar surface area (TPSA) is 67.2 Å². The van der Waals surface area contributed by atoms with Gasteiger partial charge in [0.2, 0.25) is 0 Å². The fourth-order valence-corrected chi connectivity index (χ4v) is 1.50. The summed E-state index contributed by atoms with van der Waals surface area (Å²) >= 11 is 6.04. The number of carbonyl (C=O) groups is 1. The summed E-state index contributed by atoms with van der Waals surface area (Å²) in [5.41, 5.74) is 0.658. The Labute approximate surface area is 99.4 Å². The molecular weight excluding hydrogens is 230 g/mol. The second-order valence-corrected chi connectivity index (χ2v) is 4.62. The van der Waals surface area contributed by atoms with E-state index in [0.29, 0.717) is 11.7 Å². The van der Waals surface area contributed by atoms with Crippen molar-refractivity contribution >= 4 is 17.6 Å². The van der Waals surface area contributed by atoms with Crippen LogP contribution in [0.1, 0.15) is 25.1 Å². The highest BCUT2D eigenvalue weighted by Crippen LogP contribution is 2.19. The molecule has 90 valence electrons. The first kappa shape index (κ1) is 13.0. The molecule has 0 saturated carbocycles. The highest BCUT2D eigenvalue weighted by Gasteiger charge is 2.27. The average Bonchev–Trinajstić information content (AvgIpc) is 2.39. The number of aliphatic carboxylic acids is 1. The first-order valence-corrected chi connectivity index (χ1v) is 5.30. The minimum absolute atomic E-state index is 0.387. The molecule has 0 radical (unpaired) electrons. The fourth-order valence-electron chi connectivity index (χ4n) is 1.26. The second kappa shape index (κ2) is 4.43. The van der Waals surface area contributed by atoms with Gasteiger partial charge in [0.25, 0.3) is 0 Å². The minimum Gasteiger partial charge on any atom is -0.480 e. The number of halogens is 1. The highest BCUT2D eigenvalue weighted by molar-refractivity contribution is 6.30. The van der Waals surface area contributed by atoms with E-state index in [2.05, 4.69) is 10.4 Å². The van der Waals surface area contributed by atoms with Gasteiger partial charge in [-0.15, -0.1) is 0 Å². The standard InChI is InChI=1S/C10H16ClN3O2/c1-6-7(8(11)14(4)13-6)5-12-10(2,3)9(15)16/h12H,5H2,1-4H3,(H,15,16). The number of nitrogens with one attached hydrogen (secondary N) is 1. The van der Waals surface area contributed by atoms with Crippen LogP contribution in [0.5, 0.6) is 0 Å². The van der Waals surface area contributed by atoms with E-state index in [4.69, 9.17) is 16.7 Å². The molecule has 0 spiro atoms. The van der Waals surface area contributed by atoms with Gasteiger partial charge in [0.1, 0.15) is 10.7 Å². The maximum absolute atomic E-state index is 10.9. The molecular formula is C10H16ClN3O2. The van der Waals surface area contributed by atoms with Gasteiger partial charge in [-0.1, -0.05) is 11.6 Å². The molecule has 0 atom stereocenters. The maximum atomic E-state index is 10.9. The van der Waals surface area contributed by atoms with Crippen LogP contribution in [0.4, 0.5) is 0 Å². The third-order valence-corrected chi connectivity index (χ3v) is 2.98. The lowest BCUT2D eigenvalue weighted by Gasteiger charge is -2.20. The largest absolute Gasteiger partial charge is 0.480 e. The zero-order valence-electron chi connectivity index (χ0n) is 9.83. The van der Waals surface area contributed by atoms with E-state index in [1.807, 2.05) is 6.92 Å². The highest BCUT2D eigenvalue weighted by atomic mass is 35.5. The Kier molecular flexibility index (Phi) is 3.60. The summed E-state index contributed by atoms with van der Waals surface area (Å²) in [5, 5.41) is 16.6. The molecule has 1 aromatic heterocycles. The van der Waals surface area contributed by atoms with Crippen molar-refractivity contribution in [2.75, 3.05) is 0 Å². The molecule has 6 heteroatoms. The Morgan fingerprint density at radius 3 is 2.56 bits per heavy atom. The number of carboxylic acids is 1. The van der Waals surface area contributed by atoms with Crippen LogP contribution in [0, 0.1) is 6.92 Å². The van der Waals surface area contributed by atoms with Crippen molar-refractivity contribution in [3.05, 3.63) is 16.4 Å². The number of rotatable bonds is 4. The van der Waals surface area contributed by atoms with E-state index in [1.165, 1.54) is 0 Å². The van der Waals surface area contributed by atoms with E-state index in [9.17, 15) is 4.79 Å². The minimum atomic E-state index is -0.981. The number of hydrogen-bond donors (Lipinski definition) is 2. The lowest BCUT2D eigenvalue weighted by molar-refractivity contribution is -0.143. The first-order chi connectivity index (χ1) is 7.25. The van der Waals surface area contributed by atoms with Crippen LogP contribution in [-0.4, -0.2) is 26.4 Å². The van der Waals surface area contributed by atoms with Gasteiger partial charge in [-0.25, -0.2) is 0 Å². The molecule has 1 heterocycles. The third kappa shape index (κ3) is 2.54. The van der Waals surface area contributed by atoms with Crippen LogP contribution >= 0.6 is 11.6 Å². The van der Waals surface area contributed by atoms with Gasteiger partial charge in [0, 0.05) is 19.2 Å². The predicted octanol–water partition coefficient (Wildman–Crippen LogP) is 1.33. The van der Waals surface area contributed by atoms with Crippen molar-refractivity contribution in [2.24, 2.45) is 7.05 Å². The van der Waals surface area contributed by atoms with Gasteiger partial charge >= 0.3 is 5.97 Å². The Balaban J connectivity index is 2.79. The average molecular weight is 246 g/mol. The van der Waals surface area contributed by atoms with Crippen molar-refractivity contribution < 1.29 is 9.90 Å². The van der Waals surface area contributed by atoms with Crippen LogP contribution in [0.15, 0.2) is 0 Å². The molecule has 0 saturated heterocycles. The zero-order valence-corrected chi connectivity index (χ0v) is 10.6. The first-order valence-electron chi connectivity index (χ1n) is 4.92. The summed E-state index contributed by atoms with van der Waals surface area (Å²) in [7, 11) is 1.75. The molecule has 0 bridgehead atoms. The quantitative estimate of drug-likeness (QED) is 0.840. The molecule has 0 fully saturated rings. The van der Waals surface area contributed by atoms with Gasteiger partial charge in [-0.3, -0.25) is 14.8 Å². The Hall–Kier alpha value is -1.07. The molecule has 0 amide bonds. The maximum Gasteiger partial charge on any atom is 0.323 e. The smallest absolute Gasteiger partial charge is 0.323 e. The molecule has 0 aliphatic heterocycles. The van der Waals surface area contributed by atoms with Gasteiger partial charge in [0.05, 0.1) is 5.69 Å². The fraction of sp³-hybridized carbons (Fsp3) is 0.600. The van der Waals surface area contributed by atoms with Crippen LogP contribution in [-0.2, 0) is 18.4 Å². The molecule has 1 aromatic rings. The van der Waals surface area contributed by atoms with E-state index in [1.54, 1.807) is 25.6 Å². The van der Waals surface area contributed by atoms with Crippen LogP contribution < -0.4 is 5.32 Å². The third-order valence-electron chi connectivity index (χ3n) is 2.51. The summed E-state index contributed by atoms with van der Waals surface area (Å²) in [6, 6.07) is 0. The molecule has 0 aliphatic carbocycles. The number of carboxylic acid groups (broad SMARTS) is 1. The summed E-state index contributed by atoms with van der Waals surface area (Å²) in [4.78, 5) is 10.9. The molecule has 0 aromatic carbocycles. The van der Waals surface area contributed by atoms with Gasteiger partial charge in [-0.2, -0.15) is 5.10 Å². The number of aryl methyl sites for hydroxylation is 2. The number of nitrogens with zero attached hydrogens (tertiary/aromatic N) is 2. The summed E-state index contributed by atoms with van der Waals surface area (Å²) in [5.74, 6) is -0.898. The van der Waals surface area contributed by atoms with E-state index in [-0.39, 0.29) is 0 Å².